The number of carbonyl (C=O) groups is 1. The second-order valence-electron chi connectivity index (χ2n) is 19.8. The number of nitrogens with one attached hydrogen (secondary N) is 1. The number of amides is 1. The van der Waals surface area contributed by atoms with Crippen LogP contribution in [0.3, 0.4) is 0 Å². The molecule has 0 fully saturated rings. The Hall–Kier alpha value is -1.69. The number of hydrogen-bond donors (Lipinski definition) is 4. The summed E-state index contributed by atoms with van der Waals surface area (Å²) in [4.78, 5) is 12.6. The van der Waals surface area contributed by atoms with Crippen molar-refractivity contribution in [3.8, 4) is 0 Å². The van der Waals surface area contributed by atoms with Crippen molar-refractivity contribution in [2.75, 3.05) is 6.61 Å². The van der Waals surface area contributed by atoms with E-state index in [2.05, 4.69) is 55.6 Å². The average molecular weight is 913 g/mol. The van der Waals surface area contributed by atoms with Crippen molar-refractivity contribution in [1.82, 2.24) is 5.32 Å². The standard InChI is InChI=1S/C60H113NO4/c1-3-5-7-9-11-13-15-17-19-21-23-25-27-28-29-30-31-33-35-37-39-41-43-45-47-49-51-53-55-59(64)60(65)61-57(56-62)58(63)54-52-50-48-46-44-42-40-38-36-34-32-26-24-22-20-18-16-14-12-10-8-6-4-2/h23,25,28-29,44,46,52,54,57-59,62-64H,3-22,24,26-27,30-43,45,47-51,53,55-56H2,1-2H3,(H,61,65)/b25-23-,29-28-,46-44+,54-52+. The van der Waals surface area contributed by atoms with Gasteiger partial charge in [-0.3, -0.25) is 4.79 Å². The van der Waals surface area contributed by atoms with E-state index in [0.717, 1.165) is 44.9 Å². The highest BCUT2D eigenvalue weighted by Gasteiger charge is 2.22. The molecule has 382 valence electrons. The summed E-state index contributed by atoms with van der Waals surface area (Å²) < 4.78 is 0. The molecule has 5 nitrogen and oxygen atoms in total. The fraction of sp³-hybridized carbons (Fsp3) is 0.850. The first-order chi connectivity index (χ1) is 32.1. The molecular weight excluding hydrogens is 799 g/mol. The molecule has 0 aromatic carbocycles. The van der Waals surface area contributed by atoms with Crippen LogP contribution in [-0.4, -0.2) is 46.1 Å². The van der Waals surface area contributed by atoms with Gasteiger partial charge in [-0.15, -0.1) is 0 Å². The fourth-order valence-corrected chi connectivity index (χ4v) is 8.88. The Labute approximate surface area is 406 Å². The molecule has 1 amide bonds. The molecule has 0 heterocycles. The average Bonchev–Trinajstić information content (AvgIpc) is 3.31. The molecule has 0 aromatic heterocycles. The van der Waals surface area contributed by atoms with Crippen LogP contribution < -0.4 is 5.32 Å². The maximum Gasteiger partial charge on any atom is 0.249 e. The molecule has 0 rings (SSSR count). The Morgan fingerprint density at radius 3 is 1.03 bits per heavy atom. The van der Waals surface area contributed by atoms with Crippen LogP contribution in [-0.2, 0) is 4.79 Å². The van der Waals surface area contributed by atoms with Crippen LogP contribution in [0.2, 0.25) is 0 Å². The summed E-state index contributed by atoms with van der Waals surface area (Å²) in [6, 6.07) is -0.817. The van der Waals surface area contributed by atoms with Crippen molar-refractivity contribution >= 4 is 5.91 Å². The molecule has 5 heteroatoms. The molecule has 0 aliphatic rings. The number of rotatable bonds is 53. The van der Waals surface area contributed by atoms with Gasteiger partial charge >= 0.3 is 0 Å². The maximum atomic E-state index is 12.6. The van der Waals surface area contributed by atoms with Gasteiger partial charge in [-0.2, -0.15) is 0 Å². The van der Waals surface area contributed by atoms with E-state index in [1.165, 1.54) is 238 Å². The summed E-state index contributed by atoms with van der Waals surface area (Å²) in [5, 5.41) is 33.4. The Kier molecular flexibility index (Phi) is 53.5. The lowest BCUT2D eigenvalue weighted by Gasteiger charge is -2.21. The minimum atomic E-state index is -1.11. The zero-order valence-corrected chi connectivity index (χ0v) is 43.6. The molecule has 3 atom stereocenters. The van der Waals surface area contributed by atoms with Crippen LogP contribution in [0.1, 0.15) is 303 Å². The molecule has 0 aliphatic heterocycles. The summed E-state index contributed by atoms with van der Waals surface area (Å²) in [5.74, 6) is -0.511. The zero-order valence-electron chi connectivity index (χ0n) is 43.6. The minimum absolute atomic E-state index is 0.376. The monoisotopic (exact) mass is 912 g/mol. The van der Waals surface area contributed by atoms with Crippen LogP contribution in [0.25, 0.3) is 0 Å². The summed E-state index contributed by atoms with van der Waals surface area (Å²) in [7, 11) is 0. The molecule has 0 aromatic rings. The molecule has 0 bridgehead atoms. The van der Waals surface area contributed by atoms with Gasteiger partial charge in [0.1, 0.15) is 6.10 Å². The van der Waals surface area contributed by atoms with Gasteiger partial charge in [0.15, 0.2) is 0 Å². The SMILES string of the molecule is CCCCCCCCCCC/C=C\C/C=C\CCCCCCCCCCCCCCC(O)C(=O)NC(CO)C(O)/C=C/CC/C=C/CCCCCCCCCCCCCCCCCCC. The smallest absolute Gasteiger partial charge is 0.249 e. The van der Waals surface area contributed by atoms with Gasteiger partial charge in [0, 0.05) is 0 Å². The van der Waals surface area contributed by atoms with E-state index in [0.29, 0.717) is 6.42 Å². The third-order valence-corrected chi connectivity index (χ3v) is 13.4. The van der Waals surface area contributed by atoms with Gasteiger partial charge in [0.25, 0.3) is 0 Å². The number of aliphatic hydroxyl groups is 3. The highest BCUT2D eigenvalue weighted by molar-refractivity contribution is 5.80. The predicted octanol–water partition coefficient (Wildman–Crippen LogP) is 18.0. The summed E-state index contributed by atoms with van der Waals surface area (Å²) in [6.07, 6.45) is 73.4. The van der Waals surface area contributed by atoms with E-state index in [1.54, 1.807) is 6.08 Å². The van der Waals surface area contributed by atoms with Gasteiger partial charge < -0.3 is 20.6 Å². The Balaban J connectivity index is 3.61. The Morgan fingerprint density at radius 2 is 0.677 bits per heavy atom. The lowest BCUT2D eigenvalue weighted by Crippen LogP contribution is -2.48. The van der Waals surface area contributed by atoms with Gasteiger partial charge in [0.05, 0.1) is 18.8 Å². The van der Waals surface area contributed by atoms with Crippen LogP contribution in [0, 0.1) is 0 Å². The van der Waals surface area contributed by atoms with E-state index >= 15 is 0 Å². The van der Waals surface area contributed by atoms with E-state index in [1.807, 2.05) is 6.08 Å². The maximum absolute atomic E-state index is 12.6. The lowest BCUT2D eigenvalue weighted by molar-refractivity contribution is -0.131. The largest absolute Gasteiger partial charge is 0.394 e. The first-order valence-electron chi connectivity index (χ1n) is 29.0. The minimum Gasteiger partial charge on any atom is -0.394 e. The lowest BCUT2D eigenvalue weighted by atomic mass is 10.0. The normalized spacial score (nSPS) is 13.6. The van der Waals surface area contributed by atoms with Crippen LogP contribution in [0.5, 0.6) is 0 Å². The molecule has 3 unspecified atom stereocenters. The second-order valence-corrected chi connectivity index (χ2v) is 19.8. The van der Waals surface area contributed by atoms with E-state index in [4.69, 9.17) is 0 Å². The summed E-state index contributed by atoms with van der Waals surface area (Å²) in [6.45, 7) is 4.20. The highest BCUT2D eigenvalue weighted by Crippen LogP contribution is 2.17. The van der Waals surface area contributed by atoms with E-state index in [9.17, 15) is 20.1 Å². The number of allylic oxidation sites excluding steroid dienone is 7. The van der Waals surface area contributed by atoms with Gasteiger partial charge in [-0.1, -0.05) is 287 Å². The van der Waals surface area contributed by atoms with Gasteiger partial charge in [0.2, 0.25) is 5.91 Å². The van der Waals surface area contributed by atoms with Crippen molar-refractivity contribution in [2.45, 2.75) is 321 Å². The van der Waals surface area contributed by atoms with Crippen molar-refractivity contribution in [1.29, 1.82) is 0 Å². The quantitative estimate of drug-likeness (QED) is 0.0361. The molecule has 0 saturated carbocycles. The third-order valence-electron chi connectivity index (χ3n) is 13.4. The fourth-order valence-electron chi connectivity index (χ4n) is 8.88. The van der Waals surface area contributed by atoms with Crippen LogP contribution in [0.4, 0.5) is 0 Å². The number of carbonyl (C=O) groups excluding carboxylic acids is 1. The Bertz CT molecular complexity index is 1050. The van der Waals surface area contributed by atoms with Gasteiger partial charge in [-0.05, 0) is 64.2 Å². The molecule has 0 aliphatic carbocycles. The van der Waals surface area contributed by atoms with Crippen LogP contribution in [0.15, 0.2) is 48.6 Å². The highest BCUT2D eigenvalue weighted by atomic mass is 16.3. The molecular formula is C60H113NO4. The molecule has 0 spiro atoms. The first kappa shape index (κ1) is 63.3. The van der Waals surface area contributed by atoms with Crippen molar-refractivity contribution in [3.63, 3.8) is 0 Å². The number of hydrogen-bond acceptors (Lipinski definition) is 4. The zero-order chi connectivity index (χ0) is 47.2. The van der Waals surface area contributed by atoms with Crippen molar-refractivity contribution in [3.05, 3.63) is 48.6 Å². The third kappa shape index (κ3) is 50.0. The van der Waals surface area contributed by atoms with E-state index in [-0.39, 0.29) is 6.61 Å². The van der Waals surface area contributed by atoms with Crippen molar-refractivity contribution in [2.24, 2.45) is 0 Å². The molecule has 0 radical (unpaired) electrons. The Morgan fingerprint density at radius 1 is 0.385 bits per heavy atom. The topological polar surface area (TPSA) is 89.8 Å². The molecule has 4 N–H and O–H groups in total. The molecule has 65 heavy (non-hydrogen) atoms. The molecule has 0 saturated heterocycles. The number of unbranched alkanes of at least 4 members (excludes halogenated alkanes) is 39. The van der Waals surface area contributed by atoms with E-state index < -0.39 is 24.2 Å². The summed E-state index contributed by atoms with van der Waals surface area (Å²) >= 11 is 0. The summed E-state index contributed by atoms with van der Waals surface area (Å²) in [5.41, 5.74) is 0. The number of aliphatic hydroxyl groups excluding tert-OH is 3. The van der Waals surface area contributed by atoms with Gasteiger partial charge in [-0.25, -0.2) is 0 Å². The van der Waals surface area contributed by atoms with Crippen LogP contribution >= 0.6 is 0 Å². The van der Waals surface area contributed by atoms with Crippen molar-refractivity contribution < 1.29 is 20.1 Å². The first-order valence-corrected chi connectivity index (χ1v) is 29.0. The second kappa shape index (κ2) is 54.9. The predicted molar refractivity (Wildman–Crippen MR) is 287 cm³/mol.